The Hall–Kier alpha value is -1.79. The van der Waals surface area contributed by atoms with E-state index in [-0.39, 0.29) is 24.4 Å². The average Bonchev–Trinajstić information content (AvgIpc) is 3.01. The Morgan fingerprint density at radius 1 is 1.33 bits per heavy atom. The zero-order valence-corrected chi connectivity index (χ0v) is 15.7. The van der Waals surface area contributed by atoms with Gasteiger partial charge >= 0.3 is 0 Å². The van der Waals surface area contributed by atoms with Crippen molar-refractivity contribution in [3.05, 3.63) is 34.8 Å². The van der Waals surface area contributed by atoms with Gasteiger partial charge < -0.3 is 15.6 Å². The lowest BCUT2D eigenvalue weighted by Gasteiger charge is -2.18. The number of carbonyl (C=O) groups is 1. The van der Waals surface area contributed by atoms with Crippen molar-refractivity contribution in [3.8, 4) is 5.82 Å². The van der Waals surface area contributed by atoms with Crippen LogP contribution in [0.1, 0.15) is 47.8 Å². The third-order valence-corrected chi connectivity index (χ3v) is 3.90. The third-order valence-electron chi connectivity index (χ3n) is 3.90. The summed E-state index contributed by atoms with van der Waals surface area (Å²) in [5.74, 6) is 1.81. The van der Waals surface area contributed by atoms with E-state index in [1.807, 2.05) is 37.5 Å². The highest BCUT2D eigenvalue weighted by Gasteiger charge is 2.20. The van der Waals surface area contributed by atoms with Gasteiger partial charge in [-0.05, 0) is 39.2 Å². The Bertz CT molecular complexity index is 691. The maximum absolute atomic E-state index is 12.6. The molecule has 134 valence electrons. The molecule has 0 saturated carbocycles. The minimum Gasteiger partial charge on any atom is -0.360 e. The highest BCUT2D eigenvalue weighted by Crippen LogP contribution is 2.21. The molecular formula is C17H27ClN4O2. The fourth-order valence-electron chi connectivity index (χ4n) is 2.85. The number of aromatic nitrogens is 2. The van der Waals surface area contributed by atoms with E-state index in [9.17, 15) is 4.79 Å². The molecule has 24 heavy (non-hydrogen) atoms. The van der Waals surface area contributed by atoms with Crippen molar-refractivity contribution in [3.63, 3.8) is 0 Å². The Morgan fingerprint density at radius 2 is 2.00 bits per heavy atom. The van der Waals surface area contributed by atoms with Crippen molar-refractivity contribution in [2.45, 2.75) is 47.1 Å². The maximum atomic E-state index is 12.6. The van der Waals surface area contributed by atoms with Crippen LogP contribution in [0.4, 0.5) is 0 Å². The quantitative estimate of drug-likeness (QED) is 0.835. The number of aryl methyl sites for hydroxylation is 2. The smallest absolute Gasteiger partial charge is 0.253 e. The number of rotatable bonds is 6. The first-order valence-electron chi connectivity index (χ1n) is 7.97. The standard InChI is InChI=1S/C17H26N4O2.ClH/c1-10(2)6-14(9-18)19-17(22)15-7-11(3)21(13(15)5)16-8-12(4)23-20-16;/h7-8,10,14H,6,9,18H2,1-5H3,(H,19,22);1H. The second kappa shape index (κ2) is 8.35. The van der Waals surface area contributed by atoms with Gasteiger partial charge in [-0.2, -0.15) is 0 Å². The molecule has 1 atom stereocenters. The molecule has 3 N–H and O–H groups in total. The van der Waals surface area contributed by atoms with Crippen LogP contribution in [0.2, 0.25) is 0 Å². The van der Waals surface area contributed by atoms with Gasteiger partial charge in [0.1, 0.15) is 5.76 Å². The molecule has 0 aliphatic carbocycles. The number of carbonyl (C=O) groups excluding carboxylic acids is 1. The van der Waals surface area contributed by atoms with E-state index in [0.29, 0.717) is 23.8 Å². The minimum atomic E-state index is -0.0966. The molecule has 6 nitrogen and oxygen atoms in total. The van der Waals surface area contributed by atoms with Gasteiger partial charge in [-0.15, -0.1) is 12.4 Å². The SMILES string of the molecule is Cc1cc(-n2c(C)cc(C(=O)NC(CN)CC(C)C)c2C)no1.Cl. The van der Waals surface area contributed by atoms with Crippen molar-refractivity contribution >= 4 is 18.3 Å². The lowest BCUT2D eigenvalue weighted by atomic mass is 10.0. The molecule has 2 aromatic heterocycles. The van der Waals surface area contributed by atoms with E-state index in [0.717, 1.165) is 23.6 Å². The Balaban J connectivity index is 0.00000288. The lowest BCUT2D eigenvalue weighted by molar-refractivity contribution is 0.0933. The first-order valence-corrected chi connectivity index (χ1v) is 7.97. The van der Waals surface area contributed by atoms with E-state index in [4.69, 9.17) is 10.3 Å². The number of hydrogen-bond donors (Lipinski definition) is 2. The largest absolute Gasteiger partial charge is 0.360 e. The summed E-state index contributed by atoms with van der Waals surface area (Å²) < 4.78 is 7.06. The van der Waals surface area contributed by atoms with E-state index >= 15 is 0 Å². The monoisotopic (exact) mass is 354 g/mol. The molecule has 0 fully saturated rings. The fraction of sp³-hybridized carbons (Fsp3) is 0.529. The number of nitrogens with two attached hydrogens (primary N) is 1. The van der Waals surface area contributed by atoms with Crippen LogP contribution in [0.25, 0.3) is 5.82 Å². The van der Waals surface area contributed by atoms with Crippen molar-refractivity contribution in [2.75, 3.05) is 6.54 Å². The van der Waals surface area contributed by atoms with Crippen LogP contribution in [0.5, 0.6) is 0 Å². The summed E-state index contributed by atoms with van der Waals surface area (Å²) in [5.41, 5.74) is 8.20. The van der Waals surface area contributed by atoms with E-state index in [2.05, 4.69) is 24.3 Å². The summed E-state index contributed by atoms with van der Waals surface area (Å²) >= 11 is 0. The van der Waals surface area contributed by atoms with Crippen LogP contribution in [0.15, 0.2) is 16.7 Å². The molecule has 0 aliphatic rings. The Kier molecular flexibility index (Phi) is 7.05. The molecule has 2 aromatic rings. The van der Waals surface area contributed by atoms with E-state index in [1.54, 1.807) is 0 Å². The third kappa shape index (κ3) is 4.39. The molecule has 2 rings (SSSR count). The predicted octanol–water partition coefficient (Wildman–Crippen LogP) is 2.92. The zero-order valence-electron chi connectivity index (χ0n) is 14.9. The van der Waals surface area contributed by atoms with Crippen molar-refractivity contribution in [1.29, 1.82) is 0 Å². The molecule has 1 amide bonds. The highest BCUT2D eigenvalue weighted by atomic mass is 35.5. The molecule has 0 aliphatic heterocycles. The number of amides is 1. The van der Waals surface area contributed by atoms with Crippen molar-refractivity contribution < 1.29 is 9.32 Å². The second-order valence-corrected chi connectivity index (χ2v) is 6.45. The average molecular weight is 355 g/mol. The summed E-state index contributed by atoms with van der Waals surface area (Å²) in [6, 6.07) is 3.71. The highest BCUT2D eigenvalue weighted by molar-refractivity contribution is 5.96. The van der Waals surface area contributed by atoms with Gasteiger partial charge in [0.05, 0.1) is 5.56 Å². The summed E-state index contributed by atoms with van der Waals surface area (Å²) in [6.45, 7) is 10.4. The van der Waals surface area contributed by atoms with Crippen molar-refractivity contribution in [2.24, 2.45) is 11.7 Å². The second-order valence-electron chi connectivity index (χ2n) is 6.45. The minimum absolute atomic E-state index is 0. The molecule has 2 heterocycles. The van der Waals surface area contributed by atoms with Gasteiger partial charge in [0.2, 0.25) is 0 Å². The van der Waals surface area contributed by atoms with Gasteiger partial charge in [-0.3, -0.25) is 9.36 Å². The fourth-order valence-corrected chi connectivity index (χ4v) is 2.85. The van der Waals surface area contributed by atoms with Gasteiger partial charge in [-0.25, -0.2) is 0 Å². The van der Waals surface area contributed by atoms with Gasteiger partial charge in [-0.1, -0.05) is 19.0 Å². The first-order chi connectivity index (χ1) is 10.8. The van der Waals surface area contributed by atoms with Crippen LogP contribution in [-0.4, -0.2) is 28.2 Å². The molecule has 0 saturated heterocycles. The summed E-state index contributed by atoms with van der Waals surface area (Å²) in [5, 5.41) is 7.06. The molecule has 0 radical (unpaired) electrons. The summed E-state index contributed by atoms with van der Waals surface area (Å²) in [6.07, 6.45) is 0.865. The van der Waals surface area contributed by atoms with Gasteiger partial charge in [0.25, 0.3) is 5.91 Å². The normalized spacial score (nSPS) is 12.1. The predicted molar refractivity (Wildman–Crippen MR) is 97.1 cm³/mol. The molecule has 0 aromatic carbocycles. The Morgan fingerprint density at radius 3 is 2.50 bits per heavy atom. The van der Waals surface area contributed by atoms with Crippen LogP contribution in [0.3, 0.4) is 0 Å². The lowest BCUT2D eigenvalue weighted by Crippen LogP contribution is -2.41. The molecular weight excluding hydrogens is 328 g/mol. The van der Waals surface area contributed by atoms with Crippen LogP contribution < -0.4 is 11.1 Å². The molecule has 0 bridgehead atoms. The summed E-state index contributed by atoms with van der Waals surface area (Å²) in [7, 11) is 0. The molecule has 1 unspecified atom stereocenters. The van der Waals surface area contributed by atoms with Crippen LogP contribution in [-0.2, 0) is 0 Å². The number of nitrogens with one attached hydrogen (secondary N) is 1. The summed E-state index contributed by atoms with van der Waals surface area (Å²) in [4.78, 5) is 12.6. The maximum Gasteiger partial charge on any atom is 0.253 e. The van der Waals surface area contributed by atoms with Crippen LogP contribution >= 0.6 is 12.4 Å². The van der Waals surface area contributed by atoms with Crippen LogP contribution in [0, 0.1) is 26.7 Å². The van der Waals surface area contributed by atoms with Crippen molar-refractivity contribution in [1.82, 2.24) is 15.0 Å². The zero-order chi connectivity index (χ0) is 17.1. The number of halogens is 1. The molecule has 7 heteroatoms. The number of hydrogen-bond acceptors (Lipinski definition) is 4. The van der Waals surface area contributed by atoms with Gasteiger partial charge in [0, 0.05) is 30.0 Å². The topological polar surface area (TPSA) is 86.1 Å². The first kappa shape index (κ1) is 20.3. The van der Waals surface area contributed by atoms with E-state index in [1.165, 1.54) is 0 Å². The number of nitrogens with zero attached hydrogens (tertiary/aromatic N) is 2. The molecule has 0 spiro atoms. The van der Waals surface area contributed by atoms with E-state index < -0.39 is 0 Å². The van der Waals surface area contributed by atoms with Gasteiger partial charge in [0.15, 0.2) is 5.82 Å². The Labute approximate surface area is 149 Å².